The number of nitrogens with two attached hydrogens (primary N) is 1. The molecule has 0 spiro atoms. The minimum absolute atomic E-state index is 0.178. The maximum absolute atomic E-state index is 11.1. The van der Waals surface area contributed by atoms with Crippen LogP contribution in [0.2, 0.25) is 10.0 Å². The summed E-state index contributed by atoms with van der Waals surface area (Å²) in [5.41, 5.74) is 5.37. The number of aromatic nitrogens is 1. The van der Waals surface area contributed by atoms with E-state index in [0.29, 0.717) is 20.8 Å². The van der Waals surface area contributed by atoms with E-state index in [4.69, 9.17) is 28.9 Å². The van der Waals surface area contributed by atoms with E-state index in [1.165, 1.54) is 6.20 Å². The van der Waals surface area contributed by atoms with Crippen LogP contribution in [0.5, 0.6) is 0 Å². The molecule has 0 bridgehead atoms. The number of carbonyl (C=O) groups excluding carboxylic acids is 1. The molecule has 1 aromatic carbocycles. The molecule has 0 atom stereocenters. The van der Waals surface area contributed by atoms with Crippen LogP contribution in [0, 0.1) is 0 Å². The highest BCUT2D eigenvalue weighted by atomic mass is 35.5. The van der Waals surface area contributed by atoms with E-state index in [9.17, 15) is 4.79 Å². The zero-order chi connectivity index (χ0) is 11.0. The Hall–Kier alpha value is -1.32. The van der Waals surface area contributed by atoms with Crippen molar-refractivity contribution in [1.82, 2.24) is 4.98 Å². The molecule has 5 heteroatoms. The molecule has 2 rings (SSSR count). The number of hydrogen-bond acceptors (Lipinski definition) is 2. The molecular weight excluding hydrogens is 235 g/mol. The SMILES string of the molecule is NC(=O)c1nccc2c(Cl)cc(Cl)cc12. The molecule has 0 aliphatic rings. The number of hydrogen-bond donors (Lipinski definition) is 1. The van der Waals surface area contributed by atoms with Gasteiger partial charge in [-0.3, -0.25) is 9.78 Å². The summed E-state index contributed by atoms with van der Waals surface area (Å²) < 4.78 is 0. The number of amides is 1. The van der Waals surface area contributed by atoms with Crippen LogP contribution < -0.4 is 5.73 Å². The van der Waals surface area contributed by atoms with Crippen molar-refractivity contribution < 1.29 is 4.79 Å². The second-order valence-corrected chi connectivity index (χ2v) is 3.85. The van der Waals surface area contributed by atoms with Crippen LogP contribution in [0.1, 0.15) is 10.5 Å². The Morgan fingerprint density at radius 1 is 1.27 bits per heavy atom. The maximum Gasteiger partial charge on any atom is 0.267 e. The van der Waals surface area contributed by atoms with Crippen LogP contribution in [-0.4, -0.2) is 10.9 Å². The Labute approximate surface area is 95.8 Å². The third-order valence-electron chi connectivity index (χ3n) is 2.03. The summed E-state index contributed by atoms with van der Waals surface area (Å²) in [5, 5.41) is 2.21. The zero-order valence-electron chi connectivity index (χ0n) is 7.50. The van der Waals surface area contributed by atoms with Crippen LogP contribution in [0.3, 0.4) is 0 Å². The normalized spacial score (nSPS) is 10.5. The molecule has 0 aliphatic carbocycles. The second kappa shape index (κ2) is 3.68. The number of fused-ring (bicyclic) bond motifs is 1. The lowest BCUT2D eigenvalue weighted by Crippen LogP contribution is -2.13. The molecule has 0 fully saturated rings. The van der Waals surface area contributed by atoms with Crippen molar-refractivity contribution in [2.45, 2.75) is 0 Å². The summed E-state index contributed by atoms with van der Waals surface area (Å²) in [6.07, 6.45) is 1.49. The average molecular weight is 241 g/mol. The first-order chi connectivity index (χ1) is 7.09. The molecule has 2 aromatic rings. The van der Waals surface area contributed by atoms with Gasteiger partial charge in [0.15, 0.2) is 0 Å². The highest BCUT2D eigenvalue weighted by Gasteiger charge is 2.10. The molecule has 0 aliphatic heterocycles. The molecule has 0 radical (unpaired) electrons. The van der Waals surface area contributed by atoms with E-state index in [1.807, 2.05) is 0 Å². The fourth-order valence-electron chi connectivity index (χ4n) is 1.40. The standard InChI is InChI=1S/C10H6Cl2N2O/c11-5-3-7-6(8(12)4-5)1-2-14-9(7)10(13)15/h1-4H,(H2,13,15). The van der Waals surface area contributed by atoms with Gasteiger partial charge in [0.1, 0.15) is 5.69 Å². The van der Waals surface area contributed by atoms with Crippen LogP contribution >= 0.6 is 23.2 Å². The first-order valence-corrected chi connectivity index (χ1v) is 4.89. The van der Waals surface area contributed by atoms with Crippen LogP contribution in [0.4, 0.5) is 0 Å². The maximum atomic E-state index is 11.1. The number of pyridine rings is 1. The predicted molar refractivity (Wildman–Crippen MR) is 60.3 cm³/mol. The molecule has 1 amide bonds. The fraction of sp³-hybridized carbons (Fsp3) is 0. The lowest BCUT2D eigenvalue weighted by Gasteiger charge is -2.04. The van der Waals surface area contributed by atoms with Gasteiger partial charge in [0, 0.05) is 22.0 Å². The summed E-state index contributed by atoms with van der Waals surface area (Å²) in [7, 11) is 0. The van der Waals surface area contributed by atoms with Crippen molar-refractivity contribution >= 4 is 39.9 Å². The summed E-state index contributed by atoms with van der Waals surface area (Å²) in [6, 6.07) is 4.94. The molecule has 3 nitrogen and oxygen atoms in total. The van der Waals surface area contributed by atoms with Crippen molar-refractivity contribution in [2.75, 3.05) is 0 Å². The second-order valence-electron chi connectivity index (χ2n) is 3.01. The summed E-state index contributed by atoms with van der Waals surface area (Å²) in [5.74, 6) is -0.598. The van der Waals surface area contributed by atoms with E-state index < -0.39 is 5.91 Å². The van der Waals surface area contributed by atoms with E-state index in [-0.39, 0.29) is 5.69 Å². The van der Waals surface area contributed by atoms with Gasteiger partial charge in [-0.1, -0.05) is 23.2 Å². The van der Waals surface area contributed by atoms with E-state index in [2.05, 4.69) is 4.98 Å². The highest BCUT2D eigenvalue weighted by molar-refractivity contribution is 6.39. The van der Waals surface area contributed by atoms with Crippen LogP contribution in [0.25, 0.3) is 10.8 Å². The highest BCUT2D eigenvalue weighted by Crippen LogP contribution is 2.28. The van der Waals surface area contributed by atoms with Crippen molar-refractivity contribution in [3.8, 4) is 0 Å². The zero-order valence-corrected chi connectivity index (χ0v) is 9.01. The molecule has 1 heterocycles. The molecule has 0 saturated heterocycles. The number of benzene rings is 1. The average Bonchev–Trinajstić information content (AvgIpc) is 2.16. The van der Waals surface area contributed by atoms with Gasteiger partial charge in [-0.2, -0.15) is 0 Å². The van der Waals surface area contributed by atoms with Crippen molar-refractivity contribution in [3.63, 3.8) is 0 Å². The molecule has 0 unspecified atom stereocenters. The molecular formula is C10H6Cl2N2O. The number of nitrogens with zero attached hydrogens (tertiary/aromatic N) is 1. The van der Waals surface area contributed by atoms with E-state index in [1.54, 1.807) is 18.2 Å². The minimum Gasteiger partial charge on any atom is -0.364 e. The monoisotopic (exact) mass is 240 g/mol. The van der Waals surface area contributed by atoms with Gasteiger partial charge in [-0.05, 0) is 18.2 Å². The number of primary amides is 1. The third kappa shape index (κ3) is 1.76. The molecule has 15 heavy (non-hydrogen) atoms. The number of carbonyl (C=O) groups is 1. The predicted octanol–water partition coefficient (Wildman–Crippen LogP) is 2.64. The minimum atomic E-state index is -0.598. The molecule has 0 saturated carbocycles. The Kier molecular flexibility index (Phi) is 2.50. The van der Waals surface area contributed by atoms with Gasteiger partial charge in [0.25, 0.3) is 5.91 Å². The Morgan fingerprint density at radius 2 is 2.00 bits per heavy atom. The lowest BCUT2D eigenvalue weighted by molar-refractivity contribution is 0.0997. The molecule has 2 N–H and O–H groups in total. The third-order valence-corrected chi connectivity index (χ3v) is 2.56. The summed E-state index contributed by atoms with van der Waals surface area (Å²) >= 11 is 11.8. The Morgan fingerprint density at radius 3 is 2.67 bits per heavy atom. The van der Waals surface area contributed by atoms with Gasteiger partial charge < -0.3 is 5.73 Å². The van der Waals surface area contributed by atoms with Crippen LogP contribution in [0.15, 0.2) is 24.4 Å². The van der Waals surface area contributed by atoms with Gasteiger partial charge >= 0.3 is 0 Å². The van der Waals surface area contributed by atoms with Gasteiger partial charge in [-0.15, -0.1) is 0 Å². The van der Waals surface area contributed by atoms with Gasteiger partial charge in [-0.25, -0.2) is 0 Å². The Balaban J connectivity index is 2.91. The van der Waals surface area contributed by atoms with Crippen molar-refractivity contribution in [3.05, 3.63) is 40.1 Å². The fourth-order valence-corrected chi connectivity index (χ4v) is 1.96. The molecule has 1 aromatic heterocycles. The smallest absolute Gasteiger partial charge is 0.267 e. The summed E-state index contributed by atoms with van der Waals surface area (Å²) in [6.45, 7) is 0. The van der Waals surface area contributed by atoms with E-state index >= 15 is 0 Å². The molecule has 76 valence electrons. The number of halogens is 2. The first-order valence-electron chi connectivity index (χ1n) is 4.13. The van der Waals surface area contributed by atoms with Crippen LogP contribution in [-0.2, 0) is 0 Å². The van der Waals surface area contributed by atoms with Gasteiger partial charge in [0.05, 0.1) is 5.02 Å². The number of rotatable bonds is 1. The Bertz CT molecular complexity index is 554. The largest absolute Gasteiger partial charge is 0.364 e. The van der Waals surface area contributed by atoms with E-state index in [0.717, 1.165) is 0 Å². The van der Waals surface area contributed by atoms with Crippen molar-refractivity contribution in [1.29, 1.82) is 0 Å². The quantitative estimate of drug-likeness (QED) is 0.834. The lowest BCUT2D eigenvalue weighted by atomic mass is 10.1. The van der Waals surface area contributed by atoms with Crippen molar-refractivity contribution in [2.24, 2.45) is 5.73 Å². The van der Waals surface area contributed by atoms with Gasteiger partial charge in [0.2, 0.25) is 0 Å². The topological polar surface area (TPSA) is 56.0 Å². The first kappa shape index (κ1) is 10.2. The summed E-state index contributed by atoms with van der Waals surface area (Å²) in [4.78, 5) is 15.0.